The van der Waals surface area contributed by atoms with Crippen LogP contribution >= 0.6 is 0 Å². The highest BCUT2D eigenvalue weighted by molar-refractivity contribution is 5.77. The lowest BCUT2D eigenvalue weighted by molar-refractivity contribution is -0.144. The number of rotatable bonds is 5. The van der Waals surface area contributed by atoms with E-state index < -0.39 is 5.97 Å². The summed E-state index contributed by atoms with van der Waals surface area (Å²) in [6.07, 6.45) is 3.93. The van der Waals surface area contributed by atoms with Crippen molar-refractivity contribution < 1.29 is 14.7 Å². The summed E-state index contributed by atoms with van der Waals surface area (Å²) in [5.74, 6) is -0.525. The fourth-order valence-electron chi connectivity index (χ4n) is 3.76. The van der Waals surface area contributed by atoms with Crippen LogP contribution in [0.1, 0.15) is 39.5 Å². The highest BCUT2D eigenvalue weighted by Crippen LogP contribution is 2.48. The molecular weight excluding hydrogens is 244 g/mol. The van der Waals surface area contributed by atoms with Crippen molar-refractivity contribution in [3.05, 3.63) is 0 Å². The Hall–Kier alpha value is -1.26. The van der Waals surface area contributed by atoms with Gasteiger partial charge in [-0.15, -0.1) is 0 Å². The molecule has 0 spiro atoms. The summed E-state index contributed by atoms with van der Waals surface area (Å²) >= 11 is 0. The standard InChI is InChI=1S/C14H24N2O3/c1-3-7-16(4-2)14(19)15-12-10-6-5-9(8-10)11(12)13(17)18/h9-12H,3-8H2,1-2H3,(H,15,19)(H,17,18). The maximum Gasteiger partial charge on any atom is 0.317 e. The van der Waals surface area contributed by atoms with Crippen LogP contribution in [0.25, 0.3) is 0 Å². The predicted molar refractivity (Wildman–Crippen MR) is 71.8 cm³/mol. The second-order valence-electron chi connectivity index (χ2n) is 5.75. The second-order valence-corrected chi connectivity index (χ2v) is 5.75. The average Bonchev–Trinajstić information content (AvgIpc) is 2.96. The van der Waals surface area contributed by atoms with Gasteiger partial charge in [-0.1, -0.05) is 6.92 Å². The quantitative estimate of drug-likeness (QED) is 0.800. The normalized spacial score (nSPS) is 32.3. The van der Waals surface area contributed by atoms with Gasteiger partial charge in [-0.2, -0.15) is 0 Å². The minimum atomic E-state index is -0.754. The van der Waals surface area contributed by atoms with Crippen LogP contribution in [-0.4, -0.2) is 41.1 Å². The highest BCUT2D eigenvalue weighted by atomic mass is 16.4. The fraction of sp³-hybridized carbons (Fsp3) is 0.857. The molecule has 0 aliphatic heterocycles. The van der Waals surface area contributed by atoms with E-state index in [2.05, 4.69) is 5.32 Å². The van der Waals surface area contributed by atoms with Crippen LogP contribution in [0.3, 0.4) is 0 Å². The van der Waals surface area contributed by atoms with Crippen molar-refractivity contribution in [3.63, 3.8) is 0 Å². The molecule has 2 amide bonds. The number of urea groups is 1. The molecule has 5 nitrogen and oxygen atoms in total. The molecule has 4 atom stereocenters. The number of hydrogen-bond acceptors (Lipinski definition) is 2. The van der Waals surface area contributed by atoms with Crippen molar-refractivity contribution in [2.75, 3.05) is 13.1 Å². The van der Waals surface area contributed by atoms with Crippen molar-refractivity contribution in [3.8, 4) is 0 Å². The Kier molecular flexibility index (Phi) is 4.32. The molecule has 2 bridgehead atoms. The Balaban J connectivity index is 2.01. The van der Waals surface area contributed by atoms with Crippen molar-refractivity contribution in [2.24, 2.45) is 17.8 Å². The third-order valence-corrected chi connectivity index (χ3v) is 4.65. The maximum atomic E-state index is 12.2. The summed E-state index contributed by atoms with van der Waals surface area (Å²) < 4.78 is 0. The molecule has 2 fully saturated rings. The molecule has 19 heavy (non-hydrogen) atoms. The lowest BCUT2D eigenvalue weighted by atomic mass is 9.84. The lowest BCUT2D eigenvalue weighted by Gasteiger charge is -2.31. The molecule has 0 aromatic carbocycles. The van der Waals surface area contributed by atoms with Crippen molar-refractivity contribution in [1.82, 2.24) is 10.2 Å². The summed E-state index contributed by atoms with van der Waals surface area (Å²) in [6, 6.07) is -0.275. The largest absolute Gasteiger partial charge is 0.481 e. The number of carboxylic acids is 1. The topological polar surface area (TPSA) is 69.6 Å². The molecule has 108 valence electrons. The van der Waals surface area contributed by atoms with Gasteiger partial charge in [0.15, 0.2) is 0 Å². The molecule has 2 rings (SSSR count). The Bertz CT molecular complexity index is 359. The zero-order valence-corrected chi connectivity index (χ0v) is 11.8. The minimum Gasteiger partial charge on any atom is -0.481 e. The Labute approximate surface area is 114 Å². The van der Waals surface area contributed by atoms with Gasteiger partial charge in [0.05, 0.1) is 5.92 Å². The molecule has 2 saturated carbocycles. The first-order valence-electron chi connectivity index (χ1n) is 7.36. The van der Waals surface area contributed by atoms with E-state index in [-0.39, 0.29) is 23.9 Å². The third kappa shape index (κ3) is 2.69. The van der Waals surface area contributed by atoms with Gasteiger partial charge in [0.1, 0.15) is 0 Å². The number of hydrogen-bond donors (Lipinski definition) is 2. The first-order chi connectivity index (χ1) is 9.08. The van der Waals surface area contributed by atoms with E-state index in [1.807, 2.05) is 13.8 Å². The van der Waals surface area contributed by atoms with Crippen molar-refractivity contribution in [1.29, 1.82) is 0 Å². The van der Waals surface area contributed by atoms with Gasteiger partial charge in [-0.3, -0.25) is 4.79 Å². The molecule has 0 saturated heterocycles. The molecule has 0 aromatic rings. The average molecular weight is 268 g/mol. The van der Waals surface area contributed by atoms with Gasteiger partial charge in [0.25, 0.3) is 0 Å². The zero-order valence-electron chi connectivity index (χ0n) is 11.8. The molecule has 2 aliphatic rings. The van der Waals surface area contributed by atoms with Crippen molar-refractivity contribution in [2.45, 2.75) is 45.6 Å². The Morgan fingerprint density at radius 3 is 2.53 bits per heavy atom. The minimum absolute atomic E-state index is 0.104. The number of nitrogens with one attached hydrogen (secondary N) is 1. The first kappa shape index (κ1) is 14.2. The van der Waals surface area contributed by atoms with E-state index in [0.29, 0.717) is 12.5 Å². The molecule has 2 aliphatic carbocycles. The molecule has 5 heteroatoms. The maximum absolute atomic E-state index is 12.2. The molecule has 4 unspecified atom stereocenters. The van der Waals surface area contributed by atoms with E-state index in [0.717, 1.165) is 32.2 Å². The van der Waals surface area contributed by atoms with E-state index in [9.17, 15) is 14.7 Å². The van der Waals surface area contributed by atoms with Crippen LogP contribution in [0.15, 0.2) is 0 Å². The number of fused-ring (bicyclic) bond motifs is 2. The molecular formula is C14H24N2O3. The van der Waals surface area contributed by atoms with Crippen LogP contribution in [0, 0.1) is 17.8 Å². The summed E-state index contributed by atoms with van der Waals surface area (Å²) in [5, 5.41) is 12.3. The number of carbonyl (C=O) groups is 2. The third-order valence-electron chi connectivity index (χ3n) is 4.65. The van der Waals surface area contributed by atoms with Gasteiger partial charge in [0, 0.05) is 19.1 Å². The van der Waals surface area contributed by atoms with Crippen LogP contribution in [0.2, 0.25) is 0 Å². The monoisotopic (exact) mass is 268 g/mol. The summed E-state index contributed by atoms with van der Waals surface area (Å²) in [7, 11) is 0. The fourth-order valence-corrected chi connectivity index (χ4v) is 3.76. The zero-order chi connectivity index (χ0) is 14.0. The number of nitrogens with zero attached hydrogens (tertiary/aromatic N) is 1. The lowest BCUT2D eigenvalue weighted by Crippen LogP contribution is -2.51. The van der Waals surface area contributed by atoms with Gasteiger partial charge in [0.2, 0.25) is 0 Å². The molecule has 0 heterocycles. The molecule has 0 aromatic heterocycles. The smallest absolute Gasteiger partial charge is 0.317 e. The van der Waals surface area contributed by atoms with E-state index >= 15 is 0 Å². The Morgan fingerprint density at radius 2 is 1.95 bits per heavy atom. The van der Waals surface area contributed by atoms with Crippen LogP contribution in [0.5, 0.6) is 0 Å². The van der Waals surface area contributed by atoms with Crippen LogP contribution < -0.4 is 5.32 Å². The van der Waals surface area contributed by atoms with Crippen LogP contribution in [-0.2, 0) is 4.79 Å². The SMILES string of the molecule is CCCN(CC)C(=O)NC1C2CCC(C2)C1C(=O)O. The number of carboxylic acid groups (broad SMARTS) is 1. The first-order valence-corrected chi connectivity index (χ1v) is 7.36. The van der Waals surface area contributed by atoms with E-state index in [1.54, 1.807) is 4.90 Å². The number of carbonyl (C=O) groups excluding carboxylic acids is 1. The van der Waals surface area contributed by atoms with Gasteiger partial charge in [-0.25, -0.2) is 4.79 Å². The summed E-state index contributed by atoms with van der Waals surface area (Å²) in [4.78, 5) is 25.3. The van der Waals surface area contributed by atoms with Crippen LogP contribution in [0.4, 0.5) is 4.79 Å². The number of aliphatic carboxylic acids is 1. The highest BCUT2D eigenvalue weighted by Gasteiger charge is 2.51. The van der Waals surface area contributed by atoms with Gasteiger partial charge >= 0.3 is 12.0 Å². The van der Waals surface area contributed by atoms with Crippen molar-refractivity contribution >= 4 is 12.0 Å². The summed E-state index contributed by atoms with van der Waals surface area (Å²) in [6.45, 7) is 5.37. The van der Waals surface area contributed by atoms with E-state index in [4.69, 9.17) is 0 Å². The summed E-state index contributed by atoms with van der Waals surface area (Å²) in [5.41, 5.74) is 0. The second kappa shape index (κ2) is 5.80. The molecule has 0 radical (unpaired) electrons. The predicted octanol–water partition coefficient (Wildman–Crippen LogP) is 1.93. The number of amides is 2. The molecule has 2 N–H and O–H groups in total. The van der Waals surface area contributed by atoms with Gasteiger partial charge in [-0.05, 0) is 44.4 Å². The van der Waals surface area contributed by atoms with E-state index in [1.165, 1.54) is 0 Å². The van der Waals surface area contributed by atoms with Gasteiger partial charge < -0.3 is 15.3 Å². The Morgan fingerprint density at radius 1 is 1.26 bits per heavy atom.